The summed E-state index contributed by atoms with van der Waals surface area (Å²) in [6, 6.07) is 0.161. The molecule has 2 aliphatic rings. The van der Waals surface area contributed by atoms with Gasteiger partial charge in [0.25, 0.3) is 0 Å². The van der Waals surface area contributed by atoms with E-state index in [2.05, 4.69) is 17.1 Å². The predicted molar refractivity (Wildman–Crippen MR) is 60.1 cm³/mol. The Morgan fingerprint density at radius 1 is 1.31 bits per heavy atom. The molecule has 0 radical (unpaired) electrons. The minimum Gasteiger partial charge on any atom is -0.339 e. The van der Waals surface area contributed by atoms with Gasteiger partial charge in [-0.3, -0.25) is 0 Å². The zero-order valence-corrected chi connectivity index (χ0v) is 9.78. The van der Waals surface area contributed by atoms with Crippen LogP contribution in [0.3, 0.4) is 0 Å². The van der Waals surface area contributed by atoms with E-state index in [1.165, 1.54) is 25.7 Å². The lowest BCUT2D eigenvalue weighted by Crippen LogP contribution is -2.45. The Hall–Kier alpha value is -0.900. The van der Waals surface area contributed by atoms with Crippen LogP contribution in [0.15, 0.2) is 4.52 Å². The van der Waals surface area contributed by atoms with Crippen LogP contribution in [0, 0.1) is 0 Å². The standard InChI is InChI=1S/C12H19N3O/c1-12(7-3-2-4-9(12)13)11-14-10(15-16-11)8-5-6-8/h8-9H,2-7,13H2,1H3. The Kier molecular flexibility index (Phi) is 2.28. The maximum absolute atomic E-state index is 6.22. The van der Waals surface area contributed by atoms with Gasteiger partial charge in [0.1, 0.15) is 0 Å². The highest BCUT2D eigenvalue weighted by Gasteiger charge is 2.41. The van der Waals surface area contributed by atoms with Gasteiger partial charge in [0.05, 0.1) is 5.41 Å². The van der Waals surface area contributed by atoms with Crippen LogP contribution in [0.25, 0.3) is 0 Å². The summed E-state index contributed by atoms with van der Waals surface area (Å²) in [5.41, 5.74) is 6.12. The van der Waals surface area contributed by atoms with E-state index >= 15 is 0 Å². The van der Waals surface area contributed by atoms with Gasteiger partial charge in [0.15, 0.2) is 5.82 Å². The van der Waals surface area contributed by atoms with Crippen molar-refractivity contribution in [3.05, 3.63) is 11.7 Å². The summed E-state index contributed by atoms with van der Waals surface area (Å²) in [4.78, 5) is 4.56. The molecule has 88 valence electrons. The molecule has 3 rings (SSSR count). The number of nitrogens with two attached hydrogens (primary N) is 1. The molecule has 0 saturated heterocycles. The molecule has 0 aliphatic heterocycles. The maximum Gasteiger partial charge on any atom is 0.234 e. The molecule has 2 atom stereocenters. The van der Waals surface area contributed by atoms with Crippen molar-refractivity contribution in [1.29, 1.82) is 0 Å². The SMILES string of the molecule is CC1(c2nc(C3CC3)no2)CCCCC1N. The van der Waals surface area contributed by atoms with E-state index in [1.54, 1.807) is 0 Å². The second-order valence-electron chi connectivity index (χ2n) is 5.50. The lowest BCUT2D eigenvalue weighted by molar-refractivity contribution is 0.203. The quantitative estimate of drug-likeness (QED) is 0.830. The first kappa shape index (κ1) is 10.3. The first-order valence-corrected chi connectivity index (χ1v) is 6.30. The fourth-order valence-electron chi connectivity index (χ4n) is 2.60. The first-order valence-electron chi connectivity index (χ1n) is 6.30. The second-order valence-corrected chi connectivity index (χ2v) is 5.50. The Balaban J connectivity index is 1.87. The summed E-state index contributed by atoms with van der Waals surface area (Å²) >= 11 is 0. The molecule has 0 amide bonds. The third kappa shape index (κ3) is 1.56. The molecule has 2 saturated carbocycles. The molecule has 1 aromatic rings. The van der Waals surface area contributed by atoms with Crippen molar-refractivity contribution in [2.24, 2.45) is 5.73 Å². The fourth-order valence-corrected chi connectivity index (χ4v) is 2.60. The van der Waals surface area contributed by atoms with Gasteiger partial charge in [-0.25, -0.2) is 0 Å². The lowest BCUT2D eigenvalue weighted by Gasteiger charge is -2.35. The molecular weight excluding hydrogens is 202 g/mol. The number of aromatic nitrogens is 2. The molecule has 4 nitrogen and oxygen atoms in total. The van der Waals surface area contributed by atoms with Crippen LogP contribution in [0.4, 0.5) is 0 Å². The summed E-state index contributed by atoms with van der Waals surface area (Å²) in [5.74, 6) is 2.22. The summed E-state index contributed by atoms with van der Waals surface area (Å²) in [5, 5.41) is 4.09. The monoisotopic (exact) mass is 221 g/mol. The highest BCUT2D eigenvalue weighted by Crippen LogP contribution is 2.41. The van der Waals surface area contributed by atoms with Crippen LogP contribution in [0.5, 0.6) is 0 Å². The van der Waals surface area contributed by atoms with Gasteiger partial charge in [-0.05, 0) is 32.6 Å². The highest BCUT2D eigenvalue weighted by atomic mass is 16.5. The van der Waals surface area contributed by atoms with Crippen molar-refractivity contribution in [2.75, 3.05) is 0 Å². The number of rotatable bonds is 2. The normalized spacial score (nSPS) is 35.2. The molecule has 16 heavy (non-hydrogen) atoms. The Labute approximate surface area is 95.6 Å². The number of hydrogen-bond donors (Lipinski definition) is 1. The van der Waals surface area contributed by atoms with Gasteiger partial charge in [-0.2, -0.15) is 4.98 Å². The van der Waals surface area contributed by atoms with Crippen LogP contribution in [0.2, 0.25) is 0 Å². The molecule has 2 unspecified atom stereocenters. The Morgan fingerprint density at radius 2 is 2.12 bits per heavy atom. The summed E-state index contributed by atoms with van der Waals surface area (Å²) in [7, 11) is 0. The van der Waals surface area contributed by atoms with E-state index in [-0.39, 0.29) is 11.5 Å². The van der Waals surface area contributed by atoms with Crippen LogP contribution in [0.1, 0.15) is 63.1 Å². The molecule has 0 spiro atoms. The van der Waals surface area contributed by atoms with Gasteiger partial charge >= 0.3 is 0 Å². The summed E-state index contributed by atoms with van der Waals surface area (Å²) in [6.07, 6.45) is 6.99. The molecule has 4 heteroatoms. The van der Waals surface area contributed by atoms with E-state index in [0.717, 1.165) is 24.6 Å². The molecule has 2 fully saturated rings. The molecular formula is C12H19N3O. The topological polar surface area (TPSA) is 64.9 Å². The third-order valence-corrected chi connectivity index (χ3v) is 4.15. The van der Waals surface area contributed by atoms with Crippen molar-refractivity contribution in [3.8, 4) is 0 Å². The van der Waals surface area contributed by atoms with Gasteiger partial charge in [0, 0.05) is 12.0 Å². The summed E-state index contributed by atoms with van der Waals surface area (Å²) < 4.78 is 5.44. The second kappa shape index (κ2) is 3.55. The van der Waals surface area contributed by atoms with Gasteiger partial charge in [-0.1, -0.05) is 18.0 Å². The molecule has 2 N–H and O–H groups in total. The molecule has 1 aromatic heterocycles. The van der Waals surface area contributed by atoms with Crippen LogP contribution >= 0.6 is 0 Å². The van der Waals surface area contributed by atoms with Crippen LogP contribution < -0.4 is 5.73 Å². The van der Waals surface area contributed by atoms with E-state index in [1.807, 2.05) is 0 Å². The molecule has 0 bridgehead atoms. The van der Waals surface area contributed by atoms with Crippen LogP contribution in [-0.2, 0) is 5.41 Å². The van der Waals surface area contributed by atoms with Crippen molar-refractivity contribution in [1.82, 2.24) is 10.1 Å². The van der Waals surface area contributed by atoms with Crippen molar-refractivity contribution < 1.29 is 4.52 Å². The van der Waals surface area contributed by atoms with Crippen LogP contribution in [-0.4, -0.2) is 16.2 Å². The Bertz CT molecular complexity index is 385. The smallest absolute Gasteiger partial charge is 0.234 e. The third-order valence-electron chi connectivity index (χ3n) is 4.15. The fraction of sp³-hybridized carbons (Fsp3) is 0.833. The summed E-state index contributed by atoms with van der Waals surface area (Å²) in [6.45, 7) is 2.17. The predicted octanol–water partition coefficient (Wildman–Crippen LogP) is 2.11. The zero-order valence-electron chi connectivity index (χ0n) is 9.78. The number of nitrogens with zero attached hydrogens (tertiary/aromatic N) is 2. The van der Waals surface area contributed by atoms with E-state index in [0.29, 0.717) is 5.92 Å². The van der Waals surface area contributed by atoms with Gasteiger partial charge in [0.2, 0.25) is 5.89 Å². The highest BCUT2D eigenvalue weighted by molar-refractivity contribution is 5.13. The average Bonchev–Trinajstić information content (AvgIpc) is 3.01. The Morgan fingerprint density at radius 3 is 2.81 bits per heavy atom. The van der Waals surface area contributed by atoms with Gasteiger partial charge < -0.3 is 10.3 Å². The van der Waals surface area contributed by atoms with E-state index < -0.39 is 0 Å². The lowest BCUT2D eigenvalue weighted by atomic mass is 9.72. The zero-order chi connectivity index (χ0) is 11.2. The van der Waals surface area contributed by atoms with E-state index in [4.69, 9.17) is 10.3 Å². The minimum atomic E-state index is -0.0988. The van der Waals surface area contributed by atoms with Crippen molar-refractivity contribution >= 4 is 0 Å². The maximum atomic E-state index is 6.22. The average molecular weight is 221 g/mol. The molecule has 0 aromatic carbocycles. The minimum absolute atomic E-state index is 0.0988. The number of hydrogen-bond acceptors (Lipinski definition) is 4. The molecule has 2 aliphatic carbocycles. The molecule has 1 heterocycles. The largest absolute Gasteiger partial charge is 0.339 e. The van der Waals surface area contributed by atoms with Crippen molar-refractivity contribution in [3.63, 3.8) is 0 Å². The van der Waals surface area contributed by atoms with Gasteiger partial charge in [-0.15, -0.1) is 0 Å². The first-order chi connectivity index (χ1) is 7.70. The van der Waals surface area contributed by atoms with E-state index in [9.17, 15) is 0 Å². The van der Waals surface area contributed by atoms with Crippen molar-refractivity contribution in [2.45, 2.75) is 62.8 Å².